The molecule has 1 spiro atoms. The maximum Gasteiger partial charge on any atom is 0.228 e. The molecule has 2 N–H and O–H groups in total. The van der Waals surface area contributed by atoms with E-state index in [-0.39, 0.29) is 16.2 Å². The number of fused-ring (bicyclic) bond motifs is 2. The molecule has 172 valence electrons. The van der Waals surface area contributed by atoms with Crippen molar-refractivity contribution in [3.05, 3.63) is 39.9 Å². The first kappa shape index (κ1) is 22.4. The Balaban J connectivity index is 1.43. The van der Waals surface area contributed by atoms with Crippen molar-refractivity contribution in [2.75, 3.05) is 18.0 Å². The molecule has 5 rings (SSSR count). The van der Waals surface area contributed by atoms with Crippen molar-refractivity contribution in [2.45, 2.75) is 50.8 Å². The fourth-order valence-corrected chi connectivity index (χ4v) is 6.22. The third kappa shape index (κ3) is 3.84. The van der Waals surface area contributed by atoms with Crippen LogP contribution in [-0.2, 0) is 17.4 Å². The molecule has 1 saturated heterocycles. The number of rotatable bonds is 3. The lowest BCUT2D eigenvalue weighted by atomic mass is 9.73. The Morgan fingerprint density at radius 1 is 1.33 bits per heavy atom. The van der Waals surface area contributed by atoms with Crippen molar-refractivity contribution in [1.82, 2.24) is 29.9 Å². The third-order valence-corrected chi connectivity index (χ3v) is 8.79. The van der Waals surface area contributed by atoms with Gasteiger partial charge in [-0.2, -0.15) is 15.3 Å². The summed E-state index contributed by atoms with van der Waals surface area (Å²) in [7, 11) is -1.19. The predicted octanol–water partition coefficient (Wildman–Crippen LogP) is 3.32. The number of nitrogens with one attached hydrogen (secondary N) is 2. The summed E-state index contributed by atoms with van der Waals surface area (Å²) >= 11 is 3.37. The average molecular weight is 529 g/mol. The highest BCUT2D eigenvalue weighted by Gasteiger charge is 2.49. The fourth-order valence-electron chi connectivity index (χ4n) is 4.82. The first-order valence-electron chi connectivity index (χ1n) is 10.9. The van der Waals surface area contributed by atoms with Gasteiger partial charge in [0.25, 0.3) is 0 Å². The summed E-state index contributed by atoms with van der Waals surface area (Å²) < 4.78 is 16.7. The van der Waals surface area contributed by atoms with Gasteiger partial charge >= 0.3 is 0 Å². The first-order chi connectivity index (χ1) is 15.7. The van der Waals surface area contributed by atoms with Crippen LogP contribution in [0.5, 0.6) is 0 Å². The molecule has 0 saturated carbocycles. The van der Waals surface area contributed by atoms with Gasteiger partial charge in [-0.1, -0.05) is 6.07 Å². The molecular weight excluding hydrogens is 504 g/mol. The Hall–Kier alpha value is -2.42. The molecule has 0 bridgehead atoms. The number of pyridine rings is 1. The second kappa shape index (κ2) is 8.11. The molecule has 0 radical (unpaired) electrons. The van der Waals surface area contributed by atoms with Gasteiger partial charge in [-0.25, -0.2) is 13.9 Å². The third-order valence-electron chi connectivity index (χ3n) is 6.65. The van der Waals surface area contributed by atoms with E-state index in [1.807, 2.05) is 33.0 Å². The number of nitriles is 1. The van der Waals surface area contributed by atoms with Crippen LogP contribution < -0.4 is 9.62 Å². The van der Waals surface area contributed by atoms with E-state index in [0.29, 0.717) is 27.3 Å². The van der Waals surface area contributed by atoms with Crippen LogP contribution in [0.2, 0.25) is 0 Å². The minimum Gasteiger partial charge on any atom is -0.341 e. The molecule has 1 aliphatic heterocycles. The summed E-state index contributed by atoms with van der Waals surface area (Å²) in [5.41, 5.74) is 2.93. The number of aromatic nitrogens is 5. The summed E-state index contributed by atoms with van der Waals surface area (Å²) in [6.07, 6.45) is 4.43. The van der Waals surface area contributed by atoms with Crippen molar-refractivity contribution < 1.29 is 4.21 Å². The Bertz CT molecular complexity index is 1290. The van der Waals surface area contributed by atoms with Gasteiger partial charge in [-0.15, -0.1) is 0 Å². The van der Waals surface area contributed by atoms with Crippen LogP contribution in [0.15, 0.2) is 22.9 Å². The van der Waals surface area contributed by atoms with Crippen molar-refractivity contribution in [1.29, 1.82) is 5.26 Å². The summed E-state index contributed by atoms with van der Waals surface area (Å²) in [5.74, 6) is 0.518. The van der Waals surface area contributed by atoms with Gasteiger partial charge in [0.15, 0.2) is 11.3 Å². The summed E-state index contributed by atoms with van der Waals surface area (Å²) in [4.78, 5) is 15.9. The lowest BCUT2D eigenvalue weighted by Crippen LogP contribution is -2.48. The average Bonchev–Trinajstić information content (AvgIpc) is 3.31. The van der Waals surface area contributed by atoms with E-state index in [1.165, 1.54) is 0 Å². The van der Waals surface area contributed by atoms with Crippen LogP contribution in [0, 0.1) is 16.7 Å². The Kier molecular flexibility index (Phi) is 5.50. The quantitative estimate of drug-likeness (QED) is 0.534. The second-order valence-corrected chi connectivity index (χ2v) is 12.5. The molecule has 9 nitrogen and oxygen atoms in total. The molecule has 3 aromatic heterocycles. The van der Waals surface area contributed by atoms with E-state index < -0.39 is 11.0 Å². The number of aromatic amines is 1. The maximum atomic E-state index is 13.0. The van der Waals surface area contributed by atoms with Crippen molar-refractivity contribution in [3.8, 4) is 6.07 Å². The Morgan fingerprint density at radius 3 is 2.79 bits per heavy atom. The van der Waals surface area contributed by atoms with Crippen molar-refractivity contribution in [2.24, 2.45) is 5.41 Å². The normalized spacial score (nSPS) is 20.7. The van der Waals surface area contributed by atoms with Crippen molar-refractivity contribution >= 4 is 43.9 Å². The van der Waals surface area contributed by atoms with Crippen LogP contribution in [0.3, 0.4) is 0 Å². The zero-order chi connectivity index (χ0) is 23.4. The smallest absolute Gasteiger partial charge is 0.228 e. The predicted molar refractivity (Wildman–Crippen MR) is 130 cm³/mol. The summed E-state index contributed by atoms with van der Waals surface area (Å²) in [6, 6.07) is 6.19. The van der Waals surface area contributed by atoms with Gasteiger partial charge in [0.1, 0.15) is 10.7 Å². The second-order valence-electron chi connectivity index (χ2n) is 9.72. The van der Waals surface area contributed by atoms with E-state index in [2.05, 4.69) is 62.8 Å². The van der Waals surface area contributed by atoms with Crippen molar-refractivity contribution in [3.63, 3.8) is 0 Å². The number of anilines is 1. The topological polar surface area (TPSA) is 123 Å². The Labute approximate surface area is 203 Å². The monoisotopic (exact) mass is 528 g/mol. The van der Waals surface area contributed by atoms with E-state index in [4.69, 9.17) is 0 Å². The van der Waals surface area contributed by atoms with Crippen LogP contribution in [-0.4, -0.2) is 47.2 Å². The minimum absolute atomic E-state index is 0.0243. The van der Waals surface area contributed by atoms with E-state index in [9.17, 15) is 9.47 Å². The standard InChI is InChI=1S/C22H25BrN8OS/c1-21(2,3)33(32)30-17-13-5-4-8-25-14(13)11-22(17)6-9-31(10-7-22)20-26-15(12-24)16-18(23)28-29-19(16)27-20/h4-5,8,17,30H,6-7,9-11H2,1-3H3,(H,26,27,28,29)/t17-,33?/m1/s1. The number of H-pyrrole nitrogens is 1. The highest BCUT2D eigenvalue weighted by atomic mass is 79.9. The van der Waals surface area contributed by atoms with Gasteiger partial charge in [0.2, 0.25) is 5.95 Å². The maximum absolute atomic E-state index is 13.0. The molecule has 4 heterocycles. The molecule has 1 unspecified atom stereocenters. The SMILES string of the molecule is CC(C)(C)S(=O)N[C@@H]1c2cccnc2CC12CCN(c1nc(C#N)c3c(Br)[nH]nc3n1)CC2. The minimum atomic E-state index is -1.19. The fraction of sp³-hybridized carbons (Fsp3) is 0.500. The molecule has 3 aromatic rings. The number of piperidine rings is 1. The number of nitrogens with zero attached hydrogens (tertiary/aromatic N) is 6. The van der Waals surface area contributed by atoms with Gasteiger partial charge in [-0.3, -0.25) is 10.1 Å². The van der Waals surface area contributed by atoms with Gasteiger partial charge in [-0.05, 0) is 73.0 Å². The van der Waals surface area contributed by atoms with Gasteiger partial charge in [0, 0.05) is 25.0 Å². The lowest BCUT2D eigenvalue weighted by molar-refractivity contribution is 0.176. The summed E-state index contributed by atoms with van der Waals surface area (Å²) in [5, 5.41) is 17.2. The zero-order valence-corrected chi connectivity index (χ0v) is 21.1. The largest absolute Gasteiger partial charge is 0.341 e. The van der Waals surface area contributed by atoms with E-state index >= 15 is 0 Å². The van der Waals surface area contributed by atoms with E-state index in [1.54, 1.807) is 0 Å². The lowest BCUT2D eigenvalue weighted by Gasteiger charge is -2.43. The highest BCUT2D eigenvalue weighted by molar-refractivity contribution is 9.10. The highest BCUT2D eigenvalue weighted by Crippen LogP contribution is 2.52. The zero-order valence-electron chi connectivity index (χ0n) is 18.7. The number of hydrogen-bond donors (Lipinski definition) is 2. The molecule has 2 aliphatic rings. The molecule has 0 aromatic carbocycles. The van der Waals surface area contributed by atoms with Crippen LogP contribution in [0.1, 0.15) is 56.6 Å². The molecule has 1 aliphatic carbocycles. The molecule has 11 heteroatoms. The van der Waals surface area contributed by atoms with E-state index in [0.717, 1.165) is 43.6 Å². The first-order valence-corrected chi connectivity index (χ1v) is 12.8. The van der Waals surface area contributed by atoms with Crippen LogP contribution in [0.25, 0.3) is 11.0 Å². The summed E-state index contributed by atoms with van der Waals surface area (Å²) in [6.45, 7) is 7.42. The molecule has 0 amide bonds. The molecule has 1 fully saturated rings. The molecule has 33 heavy (non-hydrogen) atoms. The molecule has 2 atom stereocenters. The van der Waals surface area contributed by atoms with Gasteiger partial charge < -0.3 is 4.90 Å². The number of hydrogen-bond acceptors (Lipinski definition) is 7. The van der Waals surface area contributed by atoms with Gasteiger partial charge in [0.05, 0.1) is 27.2 Å². The number of halogens is 1. The molecular formula is C22H25BrN8OS. The van der Waals surface area contributed by atoms with Crippen LogP contribution >= 0.6 is 15.9 Å². The van der Waals surface area contributed by atoms with Crippen LogP contribution in [0.4, 0.5) is 5.95 Å². The Morgan fingerprint density at radius 2 is 2.09 bits per heavy atom.